The Bertz CT molecular complexity index is 957. The maximum absolute atomic E-state index is 12.2. The second kappa shape index (κ2) is 10.6. The minimum atomic E-state index is -1.30. The highest BCUT2D eigenvalue weighted by molar-refractivity contribution is 5.96. The quantitative estimate of drug-likeness (QED) is 0.282. The third kappa shape index (κ3) is 6.62. The van der Waals surface area contributed by atoms with Crippen LogP contribution in [0.3, 0.4) is 0 Å². The van der Waals surface area contributed by atoms with E-state index in [1.54, 1.807) is 12.1 Å². The third-order valence-electron chi connectivity index (χ3n) is 4.31. The Morgan fingerprint density at radius 2 is 1.87 bits per heavy atom. The van der Waals surface area contributed by atoms with Gasteiger partial charge in [0.15, 0.2) is 0 Å². The van der Waals surface area contributed by atoms with E-state index >= 15 is 0 Å². The molecule has 1 aromatic heterocycles. The summed E-state index contributed by atoms with van der Waals surface area (Å²) in [5.41, 5.74) is 6.84. The molecular formula is C19H23N5O6. The van der Waals surface area contributed by atoms with Crippen molar-refractivity contribution in [3.8, 4) is 0 Å². The summed E-state index contributed by atoms with van der Waals surface area (Å²) >= 11 is 0. The number of H-pyrrole nitrogens is 1. The average Bonchev–Trinajstić information content (AvgIpc) is 2.70. The number of nitrogens with two attached hydrogens (primary N) is 1. The number of carbonyl (C=O) groups excluding carboxylic acids is 1. The van der Waals surface area contributed by atoms with Crippen molar-refractivity contribution in [3.63, 3.8) is 0 Å². The van der Waals surface area contributed by atoms with E-state index in [1.807, 2.05) is 0 Å². The maximum Gasteiger partial charge on any atom is 0.326 e. The number of nitrogens with one attached hydrogen (secondary N) is 3. The molecule has 0 saturated carbocycles. The molecule has 2 rings (SSSR count). The molecule has 1 heterocycles. The lowest BCUT2D eigenvalue weighted by Gasteiger charge is -2.14. The fourth-order valence-corrected chi connectivity index (χ4v) is 2.69. The van der Waals surface area contributed by atoms with Gasteiger partial charge in [0.2, 0.25) is 0 Å². The molecule has 11 nitrogen and oxygen atoms in total. The van der Waals surface area contributed by atoms with Gasteiger partial charge < -0.3 is 31.6 Å². The molecule has 0 aliphatic carbocycles. The number of aromatic nitrogens is 2. The molecule has 11 heteroatoms. The number of nitrogens with zero attached hydrogens (tertiary/aromatic N) is 1. The number of carboxylic acids is 2. The minimum Gasteiger partial charge on any atom is -0.481 e. The number of aromatic amines is 1. The highest BCUT2D eigenvalue weighted by atomic mass is 16.4. The Balaban J connectivity index is 1.85. The van der Waals surface area contributed by atoms with Crippen molar-refractivity contribution in [2.24, 2.45) is 0 Å². The highest BCUT2D eigenvalue weighted by Crippen LogP contribution is 2.11. The van der Waals surface area contributed by atoms with Crippen LogP contribution in [0.4, 0.5) is 11.5 Å². The molecule has 0 saturated heterocycles. The van der Waals surface area contributed by atoms with Gasteiger partial charge in [0.05, 0.1) is 11.9 Å². The average molecular weight is 417 g/mol. The first-order chi connectivity index (χ1) is 14.3. The van der Waals surface area contributed by atoms with Crippen molar-refractivity contribution in [1.82, 2.24) is 15.3 Å². The van der Waals surface area contributed by atoms with Gasteiger partial charge in [0.25, 0.3) is 11.5 Å². The maximum atomic E-state index is 12.2. The summed E-state index contributed by atoms with van der Waals surface area (Å²) in [7, 11) is 0. The summed E-state index contributed by atoms with van der Waals surface area (Å²) in [6, 6.07) is 5.09. The zero-order valence-electron chi connectivity index (χ0n) is 16.1. The Morgan fingerprint density at radius 1 is 1.17 bits per heavy atom. The number of rotatable bonds is 11. The topological polar surface area (TPSA) is 187 Å². The van der Waals surface area contributed by atoms with E-state index in [0.717, 1.165) is 5.69 Å². The van der Waals surface area contributed by atoms with Crippen LogP contribution in [0.25, 0.3) is 0 Å². The van der Waals surface area contributed by atoms with Gasteiger partial charge in [-0.2, -0.15) is 0 Å². The minimum absolute atomic E-state index is 0.206. The summed E-state index contributed by atoms with van der Waals surface area (Å²) in [5.74, 6) is -2.83. The highest BCUT2D eigenvalue weighted by Gasteiger charge is 2.21. The number of hydrogen-bond acceptors (Lipinski definition) is 7. The number of nitrogen functional groups attached to an aromatic ring is 1. The van der Waals surface area contributed by atoms with E-state index in [9.17, 15) is 19.2 Å². The van der Waals surface area contributed by atoms with E-state index in [0.29, 0.717) is 24.9 Å². The van der Waals surface area contributed by atoms with Gasteiger partial charge in [-0.1, -0.05) is 0 Å². The smallest absolute Gasteiger partial charge is 0.326 e. The number of aliphatic carboxylic acids is 2. The van der Waals surface area contributed by atoms with Crippen molar-refractivity contribution < 1.29 is 24.6 Å². The number of carbonyl (C=O) groups is 3. The lowest BCUT2D eigenvalue weighted by atomic mass is 10.1. The SMILES string of the molecule is Nc1nc[nH]c(=O)c1CCCNc1ccc(C(=O)NC(CCC(=O)O)C(=O)O)cc1. The first-order valence-electron chi connectivity index (χ1n) is 9.19. The van der Waals surface area contributed by atoms with Crippen LogP contribution in [-0.4, -0.2) is 50.6 Å². The predicted octanol–water partition coefficient (Wildman–Crippen LogP) is 0.445. The molecule has 0 radical (unpaired) electrons. The molecule has 0 aliphatic heterocycles. The normalized spacial score (nSPS) is 11.5. The van der Waals surface area contributed by atoms with Gasteiger partial charge in [0.1, 0.15) is 11.9 Å². The van der Waals surface area contributed by atoms with E-state index in [4.69, 9.17) is 15.9 Å². The molecule has 1 aromatic carbocycles. The molecule has 7 N–H and O–H groups in total. The number of anilines is 2. The van der Waals surface area contributed by atoms with E-state index in [-0.39, 0.29) is 29.8 Å². The summed E-state index contributed by atoms with van der Waals surface area (Å²) < 4.78 is 0. The zero-order valence-corrected chi connectivity index (χ0v) is 16.1. The largest absolute Gasteiger partial charge is 0.481 e. The van der Waals surface area contributed by atoms with Crippen LogP contribution in [0.5, 0.6) is 0 Å². The van der Waals surface area contributed by atoms with Gasteiger partial charge in [0, 0.05) is 24.2 Å². The van der Waals surface area contributed by atoms with Crippen molar-refractivity contribution in [2.75, 3.05) is 17.6 Å². The lowest BCUT2D eigenvalue weighted by Crippen LogP contribution is -2.41. The van der Waals surface area contributed by atoms with Gasteiger partial charge >= 0.3 is 11.9 Å². The Morgan fingerprint density at radius 3 is 2.47 bits per heavy atom. The summed E-state index contributed by atoms with van der Waals surface area (Å²) in [5, 5.41) is 23.2. The van der Waals surface area contributed by atoms with Crippen LogP contribution in [0.15, 0.2) is 35.4 Å². The van der Waals surface area contributed by atoms with Crippen LogP contribution in [0.1, 0.15) is 35.2 Å². The van der Waals surface area contributed by atoms with Crippen LogP contribution in [0.2, 0.25) is 0 Å². The monoisotopic (exact) mass is 417 g/mol. The van der Waals surface area contributed by atoms with Gasteiger partial charge in [-0.05, 0) is 43.5 Å². The third-order valence-corrected chi connectivity index (χ3v) is 4.31. The van der Waals surface area contributed by atoms with Crippen molar-refractivity contribution in [1.29, 1.82) is 0 Å². The van der Waals surface area contributed by atoms with Crippen molar-refractivity contribution >= 4 is 29.4 Å². The number of hydrogen-bond donors (Lipinski definition) is 6. The number of benzene rings is 1. The fraction of sp³-hybridized carbons (Fsp3) is 0.316. The molecule has 30 heavy (non-hydrogen) atoms. The zero-order chi connectivity index (χ0) is 22.1. The fourth-order valence-electron chi connectivity index (χ4n) is 2.69. The van der Waals surface area contributed by atoms with Gasteiger partial charge in [-0.3, -0.25) is 14.4 Å². The molecule has 0 fully saturated rings. The Hall–Kier alpha value is -3.89. The van der Waals surface area contributed by atoms with Crippen LogP contribution >= 0.6 is 0 Å². The first-order valence-corrected chi connectivity index (χ1v) is 9.19. The first kappa shape index (κ1) is 22.4. The van der Waals surface area contributed by atoms with Crippen LogP contribution < -0.4 is 21.9 Å². The molecule has 1 amide bonds. The number of carboxylic acid groups (broad SMARTS) is 2. The van der Waals surface area contributed by atoms with Crippen LogP contribution in [0, 0.1) is 0 Å². The second-order valence-electron chi connectivity index (χ2n) is 6.50. The van der Waals surface area contributed by atoms with E-state index in [1.165, 1.54) is 18.5 Å². The van der Waals surface area contributed by atoms with Crippen molar-refractivity contribution in [3.05, 3.63) is 52.1 Å². The summed E-state index contributed by atoms with van der Waals surface area (Å²) in [6.07, 6.45) is 1.76. The Kier molecular flexibility index (Phi) is 7.91. The van der Waals surface area contributed by atoms with Gasteiger partial charge in [-0.25, -0.2) is 9.78 Å². The number of amides is 1. The standard InChI is InChI=1S/C19H23N5O6/c20-16-13(18(28)23-10-22-16)2-1-9-21-12-5-3-11(4-6-12)17(27)24-14(19(29)30)7-8-15(25)26/h3-6,10,14,21H,1-2,7-9H2,(H,24,27)(H,25,26)(H,29,30)(H3,20,22,23,28). The lowest BCUT2D eigenvalue weighted by molar-refractivity contribution is -0.140. The predicted molar refractivity (Wildman–Crippen MR) is 108 cm³/mol. The Labute approximate surface area is 171 Å². The second-order valence-corrected chi connectivity index (χ2v) is 6.50. The van der Waals surface area contributed by atoms with Gasteiger partial charge in [-0.15, -0.1) is 0 Å². The van der Waals surface area contributed by atoms with E-state index in [2.05, 4.69) is 20.6 Å². The molecule has 1 unspecified atom stereocenters. The molecule has 0 bridgehead atoms. The molecule has 0 aliphatic rings. The van der Waals surface area contributed by atoms with Crippen LogP contribution in [-0.2, 0) is 16.0 Å². The summed E-state index contributed by atoms with van der Waals surface area (Å²) in [4.78, 5) is 52.0. The van der Waals surface area contributed by atoms with E-state index < -0.39 is 23.9 Å². The molecule has 0 spiro atoms. The molecule has 160 valence electrons. The summed E-state index contributed by atoms with van der Waals surface area (Å²) in [6.45, 7) is 0.551. The van der Waals surface area contributed by atoms with Crippen molar-refractivity contribution in [2.45, 2.75) is 31.7 Å². The molecule has 2 aromatic rings. The molecular weight excluding hydrogens is 394 g/mol. The molecule has 1 atom stereocenters.